The molecule has 2 aromatic rings. The van der Waals surface area contributed by atoms with Crippen LogP contribution >= 0.6 is 11.3 Å². The van der Waals surface area contributed by atoms with Crippen molar-refractivity contribution in [1.82, 2.24) is 5.32 Å². The number of rotatable bonds is 6. The molecule has 0 bridgehead atoms. The van der Waals surface area contributed by atoms with Gasteiger partial charge in [-0.2, -0.15) is 11.3 Å². The minimum atomic E-state index is 0.472. The lowest BCUT2D eigenvalue weighted by molar-refractivity contribution is 0.413. The molecule has 1 fully saturated rings. The molecule has 0 amide bonds. The van der Waals surface area contributed by atoms with E-state index in [9.17, 15) is 0 Å². The summed E-state index contributed by atoms with van der Waals surface area (Å²) in [6.07, 6.45) is 2.68. The van der Waals surface area contributed by atoms with Crippen molar-refractivity contribution in [3.63, 3.8) is 0 Å². The molecule has 0 radical (unpaired) electrons. The van der Waals surface area contributed by atoms with Crippen molar-refractivity contribution in [2.24, 2.45) is 5.92 Å². The van der Waals surface area contributed by atoms with Crippen LogP contribution in [0.2, 0.25) is 0 Å². The molecule has 3 heteroatoms. The molecule has 1 unspecified atom stereocenters. The zero-order valence-corrected chi connectivity index (χ0v) is 12.9. The average molecular weight is 287 g/mol. The normalized spacial score (nSPS) is 16.1. The van der Waals surface area contributed by atoms with Crippen LogP contribution in [0.5, 0.6) is 5.75 Å². The van der Waals surface area contributed by atoms with Gasteiger partial charge in [0.2, 0.25) is 0 Å². The van der Waals surface area contributed by atoms with Gasteiger partial charge in [0, 0.05) is 12.6 Å². The van der Waals surface area contributed by atoms with E-state index in [0.29, 0.717) is 6.04 Å². The first-order valence-corrected chi connectivity index (χ1v) is 8.11. The molecule has 1 aliphatic carbocycles. The Morgan fingerprint density at radius 2 is 2.00 bits per heavy atom. The SMILES string of the molecule is COc1ccc(C(NCc2cscc2C)C2CC2)cc1. The summed E-state index contributed by atoms with van der Waals surface area (Å²) in [4.78, 5) is 0. The number of hydrogen-bond acceptors (Lipinski definition) is 3. The second-order valence-corrected chi connectivity index (χ2v) is 6.29. The zero-order valence-electron chi connectivity index (χ0n) is 12.1. The van der Waals surface area contributed by atoms with E-state index in [4.69, 9.17) is 4.74 Å². The van der Waals surface area contributed by atoms with E-state index in [2.05, 4.69) is 47.3 Å². The van der Waals surface area contributed by atoms with Gasteiger partial charge in [0.1, 0.15) is 5.75 Å². The summed E-state index contributed by atoms with van der Waals surface area (Å²) in [5, 5.41) is 8.21. The Morgan fingerprint density at radius 3 is 2.55 bits per heavy atom. The minimum absolute atomic E-state index is 0.472. The first kappa shape index (κ1) is 13.7. The van der Waals surface area contributed by atoms with Gasteiger partial charge < -0.3 is 10.1 Å². The lowest BCUT2D eigenvalue weighted by Gasteiger charge is -2.19. The highest BCUT2D eigenvalue weighted by molar-refractivity contribution is 7.08. The Hall–Kier alpha value is -1.32. The third kappa shape index (κ3) is 3.05. The molecule has 1 aliphatic rings. The number of benzene rings is 1. The highest BCUT2D eigenvalue weighted by Crippen LogP contribution is 2.41. The maximum atomic E-state index is 5.24. The van der Waals surface area contributed by atoms with Crippen molar-refractivity contribution in [3.8, 4) is 5.75 Å². The first-order chi connectivity index (χ1) is 9.78. The van der Waals surface area contributed by atoms with Crippen LogP contribution in [-0.4, -0.2) is 7.11 Å². The third-order valence-corrected chi connectivity index (χ3v) is 4.95. The Morgan fingerprint density at radius 1 is 1.25 bits per heavy atom. The molecule has 0 spiro atoms. The Balaban J connectivity index is 1.70. The smallest absolute Gasteiger partial charge is 0.118 e. The monoisotopic (exact) mass is 287 g/mol. The fraction of sp³-hybridized carbons (Fsp3) is 0.412. The number of ether oxygens (including phenoxy) is 1. The summed E-state index contributed by atoms with van der Waals surface area (Å²) in [5.41, 5.74) is 4.20. The molecule has 0 saturated heterocycles. The molecule has 3 rings (SSSR count). The Kier molecular flexibility index (Phi) is 4.08. The van der Waals surface area contributed by atoms with Gasteiger partial charge in [-0.15, -0.1) is 0 Å². The van der Waals surface area contributed by atoms with Crippen molar-refractivity contribution in [3.05, 3.63) is 51.7 Å². The Labute approximate surface area is 124 Å². The van der Waals surface area contributed by atoms with Gasteiger partial charge in [0.05, 0.1) is 7.11 Å². The Bertz CT molecular complexity index is 557. The number of aryl methyl sites for hydroxylation is 1. The van der Waals surface area contributed by atoms with Crippen LogP contribution < -0.4 is 10.1 Å². The summed E-state index contributed by atoms with van der Waals surface area (Å²) in [7, 11) is 1.71. The summed E-state index contributed by atoms with van der Waals surface area (Å²) in [6, 6.07) is 8.97. The molecular weight excluding hydrogens is 266 g/mol. The maximum Gasteiger partial charge on any atom is 0.118 e. The van der Waals surface area contributed by atoms with E-state index in [1.54, 1.807) is 18.4 Å². The number of methoxy groups -OCH3 is 1. The van der Waals surface area contributed by atoms with E-state index in [1.165, 1.54) is 29.5 Å². The molecule has 1 aromatic heterocycles. The second-order valence-electron chi connectivity index (χ2n) is 5.55. The molecule has 1 aromatic carbocycles. The average Bonchev–Trinajstić information content (AvgIpc) is 3.23. The first-order valence-electron chi connectivity index (χ1n) is 7.17. The lowest BCUT2D eigenvalue weighted by Crippen LogP contribution is -2.22. The van der Waals surface area contributed by atoms with Crippen molar-refractivity contribution < 1.29 is 4.74 Å². The van der Waals surface area contributed by atoms with Crippen LogP contribution in [0.25, 0.3) is 0 Å². The lowest BCUT2D eigenvalue weighted by atomic mass is 10.0. The molecule has 0 aliphatic heterocycles. The maximum absolute atomic E-state index is 5.24. The van der Waals surface area contributed by atoms with Crippen molar-refractivity contribution in [1.29, 1.82) is 0 Å². The predicted molar refractivity (Wildman–Crippen MR) is 84.4 cm³/mol. The highest BCUT2D eigenvalue weighted by Gasteiger charge is 2.31. The molecule has 1 N–H and O–H groups in total. The summed E-state index contributed by atoms with van der Waals surface area (Å²) in [6.45, 7) is 3.15. The van der Waals surface area contributed by atoms with Crippen molar-refractivity contribution in [2.75, 3.05) is 7.11 Å². The molecule has 106 valence electrons. The topological polar surface area (TPSA) is 21.3 Å². The molecule has 1 atom stereocenters. The van der Waals surface area contributed by atoms with Gasteiger partial charge in [-0.25, -0.2) is 0 Å². The largest absolute Gasteiger partial charge is 0.497 e. The van der Waals surface area contributed by atoms with Crippen LogP contribution in [0.4, 0.5) is 0 Å². The number of nitrogens with one attached hydrogen (secondary N) is 1. The highest BCUT2D eigenvalue weighted by atomic mass is 32.1. The van der Waals surface area contributed by atoms with Crippen LogP contribution in [0.1, 0.15) is 35.6 Å². The van der Waals surface area contributed by atoms with E-state index in [1.807, 2.05) is 0 Å². The second kappa shape index (κ2) is 5.98. The van der Waals surface area contributed by atoms with Gasteiger partial charge >= 0.3 is 0 Å². The third-order valence-electron chi connectivity index (χ3n) is 4.04. The summed E-state index contributed by atoms with van der Waals surface area (Å²) in [5.74, 6) is 1.72. The van der Waals surface area contributed by atoms with E-state index in [0.717, 1.165) is 18.2 Å². The summed E-state index contributed by atoms with van der Waals surface area (Å²) < 4.78 is 5.24. The zero-order chi connectivity index (χ0) is 13.9. The van der Waals surface area contributed by atoms with E-state index in [-0.39, 0.29) is 0 Å². The van der Waals surface area contributed by atoms with E-state index < -0.39 is 0 Å². The van der Waals surface area contributed by atoms with Crippen LogP contribution in [0, 0.1) is 12.8 Å². The van der Waals surface area contributed by atoms with Crippen molar-refractivity contribution in [2.45, 2.75) is 32.4 Å². The number of thiophene rings is 1. The van der Waals surface area contributed by atoms with Gasteiger partial charge in [-0.1, -0.05) is 12.1 Å². The van der Waals surface area contributed by atoms with Gasteiger partial charge in [0.25, 0.3) is 0 Å². The minimum Gasteiger partial charge on any atom is -0.497 e. The fourth-order valence-corrected chi connectivity index (χ4v) is 3.44. The fourth-order valence-electron chi connectivity index (χ4n) is 2.59. The summed E-state index contributed by atoms with van der Waals surface area (Å²) >= 11 is 1.79. The molecule has 1 heterocycles. The predicted octanol–water partition coefficient (Wildman–Crippen LogP) is 4.31. The van der Waals surface area contributed by atoms with E-state index >= 15 is 0 Å². The molecular formula is C17H21NOS. The number of hydrogen-bond donors (Lipinski definition) is 1. The van der Waals surface area contributed by atoms with Gasteiger partial charge in [-0.05, 0) is 65.3 Å². The standard InChI is InChI=1S/C17H21NOS/c1-12-10-20-11-15(12)9-18-17(13-3-4-13)14-5-7-16(19-2)8-6-14/h5-8,10-11,13,17-18H,3-4,9H2,1-2H3. The van der Waals surface area contributed by atoms with Gasteiger partial charge in [0.15, 0.2) is 0 Å². The van der Waals surface area contributed by atoms with Crippen LogP contribution in [-0.2, 0) is 6.54 Å². The van der Waals surface area contributed by atoms with Gasteiger partial charge in [-0.3, -0.25) is 0 Å². The van der Waals surface area contributed by atoms with Crippen molar-refractivity contribution >= 4 is 11.3 Å². The molecule has 2 nitrogen and oxygen atoms in total. The molecule has 1 saturated carbocycles. The quantitative estimate of drug-likeness (QED) is 0.855. The van der Waals surface area contributed by atoms with Crippen LogP contribution in [0.15, 0.2) is 35.0 Å². The molecule has 20 heavy (non-hydrogen) atoms. The van der Waals surface area contributed by atoms with Crippen LogP contribution in [0.3, 0.4) is 0 Å².